The first-order valence-electron chi connectivity index (χ1n) is 5.59. The molecule has 0 aliphatic heterocycles. The van der Waals surface area contributed by atoms with Crippen LogP contribution in [-0.4, -0.2) is 54.2 Å². The van der Waals surface area contributed by atoms with E-state index in [9.17, 15) is 14.4 Å². The second kappa shape index (κ2) is 9.12. The van der Waals surface area contributed by atoms with Crippen molar-refractivity contribution in [2.45, 2.75) is 6.42 Å². The third kappa shape index (κ3) is 4.92. The van der Waals surface area contributed by atoms with Gasteiger partial charge in [0, 0.05) is 19.6 Å². The summed E-state index contributed by atoms with van der Waals surface area (Å²) in [5, 5.41) is 0. The minimum Gasteiger partial charge on any atom is -0.330 e. The van der Waals surface area contributed by atoms with Crippen molar-refractivity contribution in [1.82, 2.24) is 9.80 Å². The Morgan fingerprint density at radius 3 is 2.06 bits per heavy atom. The highest BCUT2D eigenvalue weighted by molar-refractivity contribution is 6.36. The van der Waals surface area contributed by atoms with E-state index in [1.807, 2.05) is 0 Å². The van der Waals surface area contributed by atoms with Gasteiger partial charge < -0.3 is 10.6 Å². The first-order valence-corrected chi connectivity index (χ1v) is 5.59. The van der Waals surface area contributed by atoms with Crippen LogP contribution in [0.15, 0.2) is 25.3 Å². The van der Waals surface area contributed by atoms with Gasteiger partial charge in [-0.2, -0.15) is 0 Å². The summed E-state index contributed by atoms with van der Waals surface area (Å²) in [6, 6.07) is 0. The fourth-order valence-corrected chi connectivity index (χ4v) is 1.27. The molecule has 2 N–H and O–H groups in total. The van der Waals surface area contributed by atoms with E-state index in [4.69, 9.17) is 5.73 Å². The number of hydrogen-bond acceptors (Lipinski definition) is 4. The Hall–Kier alpha value is -1.95. The largest absolute Gasteiger partial charge is 0.330 e. The van der Waals surface area contributed by atoms with Gasteiger partial charge in [0.1, 0.15) is 0 Å². The van der Waals surface area contributed by atoms with Crippen LogP contribution < -0.4 is 5.73 Å². The predicted molar refractivity (Wildman–Crippen MR) is 68.4 cm³/mol. The zero-order valence-corrected chi connectivity index (χ0v) is 10.4. The molecule has 100 valence electrons. The minimum atomic E-state index is -0.859. The molecular weight excluding hydrogens is 234 g/mol. The summed E-state index contributed by atoms with van der Waals surface area (Å²) in [7, 11) is 0. The Morgan fingerprint density at radius 2 is 1.67 bits per heavy atom. The second-order valence-corrected chi connectivity index (χ2v) is 3.53. The maximum Gasteiger partial charge on any atom is 0.318 e. The molecule has 0 aliphatic rings. The standard InChI is InChI=1S/C12H19N3O3/c1-3-7-14(8-4-2)11(17)12(18)15(10-16)9-5-6-13/h3-4,10H,1-2,5-9,13H2. The van der Waals surface area contributed by atoms with Gasteiger partial charge in [0.2, 0.25) is 6.41 Å². The van der Waals surface area contributed by atoms with Gasteiger partial charge in [-0.3, -0.25) is 19.3 Å². The van der Waals surface area contributed by atoms with E-state index in [1.165, 1.54) is 17.1 Å². The van der Waals surface area contributed by atoms with E-state index < -0.39 is 11.8 Å². The summed E-state index contributed by atoms with van der Waals surface area (Å²) in [6.45, 7) is 7.93. The van der Waals surface area contributed by atoms with Gasteiger partial charge in [-0.1, -0.05) is 12.2 Å². The van der Waals surface area contributed by atoms with Crippen LogP contribution in [0.5, 0.6) is 0 Å². The fraction of sp³-hybridized carbons (Fsp3) is 0.417. The summed E-state index contributed by atoms with van der Waals surface area (Å²) in [5.74, 6) is -1.61. The van der Waals surface area contributed by atoms with Crippen LogP contribution in [0, 0.1) is 0 Å². The van der Waals surface area contributed by atoms with Crippen LogP contribution in [0.4, 0.5) is 0 Å². The summed E-state index contributed by atoms with van der Waals surface area (Å²) in [6.07, 6.45) is 3.80. The molecule has 0 aromatic carbocycles. The first-order chi connectivity index (χ1) is 8.62. The lowest BCUT2D eigenvalue weighted by molar-refractivity contribution is -0.153. The van der Waals surface area contributed by atoms with Crippen molar-refractivity contribution in [3.8, 4) is 0 Å². The van der Waals surface area contributed by atoms with E-state index in [1.54, 1.807) is 0 Å². The van der Waals surface area contributed by atoms with Gasteiger partial charge in [-0.25, -0.2) is 0 Å². The summed E-state index contributed by atoms with van der Waals surface area (Å²) in [5.41, 5.74) is 5.29. The van der Waals surface area contributed by atoms with E-state index in [-0.39, 0.29) is 19.6 Å². The van der Waals surface area contributed by atoms with Crippen LogP contribution in [0.25, 0.3) is 0 Å². The Morgan fingerprint density at radius 1 is 1.11 bits per heavy atom. The molecule has 18 heavy (non-hydrogen) atoms. The Balaban J connectivity index is 4.69. The van der Waals surface area contributed by atoms with Crippen molar-refractivity contribution in [1.29, 1.82) is 0 Å². The number of imide groups is 1. The van der Waals surface area contributed by atoms with Gasteiger partial charge >= 0.3 is 11.8 Å². The summed E-state index contributed by atoms with van der Waals surface area (Å²) >= 11 is 0. The molecule has 0 saturated carbocycles. The molecule has 0 radical (unpaired) electrons. The molecule has 0 atom stereocenters. The molecule has 0 aliphatic carbocycles. The molecule has 3 amide bonds. The Bertz CT molecular complexity index is 319. The molecule has 6 nitrogen and oxygen atoms in total. The molecule has 6 heteroatoms. The maximum atomic E-state index is 11.8. The number of carbonyl (C=O) groups excluding carboxylic acids is 3. The van der Waals surface area contributed by atoms with Gasteiger partial charge in [0.05, 0.1) is 0 Å². The molecule has 0 unspecified atom stereocenters. The van der Waals surface area contributed by atoms with E-state index >= 15 is 0 Å². The van der Waals surface area contributed by atoms with Crippen molar-refractivity contribution >= 4 is 18.2 Å². The molecule has 0 aromatic heterocycles. The molecule has 0 spiro atoms. The average Bonchev–Trinajstić information content (AvgIpc) is 2.38. The predicted octanol–water partition coefficient (Wildman–Crippen LogP) is -0.479. The molecule has 0 saturated heterocycles. The number of amides is 3. The van der Waals surface area contributed by atoms with Crippen LogP contribution >= 0.6 is 0 Å². The lowest BCUT2D eigenvalue weighted by Crippen LogP contribution is -2.45. The van der Waals surface area contributed by atoms with Crippen LogP contribution in [0.2, 0.25) is 0 Å². The normalized spacial score (nSPS) is 9.39. The van der Waals surface area contributed by atoms with Crippen LogP contribution in [0.3, 0.4) is 0 Å². The van der Waals surface area contributed by atoms with E-state index in [0.29, 0.717) is 19.4 Å². The smallest absolute Gasteiger partial charge is 0.318 e. The topological polar surface area (TPSA) is 83.7 Å². The van der Waals surface area contributed by atoms with Crippen LogP contribution in [-0.2, 0) is 14.4 Å². The summed E-state index contributed by atoms with van der Waals surface area (Å²) in [4.78, 5) is 36.4. The Kier molecular flexibility index (Phi) is 8.13. The van der Waals surface area contributed by atoms with E-state index in [2.05, 4.69) is 13.2 Å². The molecule has 0 aromatic rings. The number of carbonyl (C=O) groups is 3. The number of hydrogen-bond donors (Lipinski definition) is 1. The molecule has 0 fully saturated rings. The SMILES string of the molecule is C=CCN(CC=C)C(=O)C(=O)N(C=O)CCCN. The van der Waals surface area contributed by atoms with Gasteiger partial charge in [0.15, 0.2) is 0 Å². The fourth-order valence-electron chi connectivity index (χ4n) is 1.27. The third-order valence-electron chi connectivity index (χ3n) is 2.16. The summed E-state index contributed by atoms with van der Waals surface area (Å²) < 4.78 is 0. The maximum absolute atomic E-state index is 11.8. The minimum absolute atomic E-state index is 0.139. The van der Waals surface area contributed by atoms with Crippen molar-refractivity contribution in [2.75, 3.05) is 26.2 Å². The van der Waals surface area contributed by atoms with Crippen molar-refractivity contribution in [3.63, 3.8) is 0 Å². The van der Waals surface area contributed by atoms with Crippen LogP contribution in [0.1, 0.15) is 6.42 Å². The van der Waals surface area contributed by atoms with Gasteiger partial charge in [0.25, 0.3) is 0 Å². The molecular formula is C12H19N3O3. The van der Waals surface area contributed by atoms with Crippen molar-refractivity contribution in [3.05, 3.63) is 25.3 Å². The quantitative estimate of drug-likeness (QED) is 0.360. The van der Waals surface area contributed by atoms with E-state index in [0.717, 1.165) is 4.90 Å². The second-order valence-electron chi connectivity index (χ2n) is 3.53. The highest BCUT2D eigenvalue weighted by Crippen LogP contribution is 1.97. The zero-order chi connectivity index (χ0) is 14.0. The van der Waals surface area contributed by atoms with Crippen molar-refractivity contribution in [2.24, 2.45) is 5.73 Å². The van der Waals surface area contributed by atoms with Gasteiger partial charge in [-0.05, 0) is 13.0 Å². The monoisotopic (exact) mass is 253 g/mol. The number of nitrogens with zero attached hydrogens (tertiary/aromatic N) is 2. The number of nitrogens with two attached hydrogens (primary N) is 1. The highest BCUT2D eigenvalue weighted by atomic mass is 16.2. The molecule has 0 heterocycles. The lowest BCUT2D eigenvalue weighted by Gasteiger charge is -2.21. The lowest BCUT2D eigenvalue weighted by atomic mass is 10.3. The average molecular weight is 253 g/mol. The van der Waals surface area contributed by atoms with Gasteiger partial charge in [-0.15, -0.1) is 13.2 Å². The molecule has 0 rings (SSSR count). The van der Waals surface area contributed by atoms with Crippen molar-refractivity contribution < 1.29 is 14.4 Å². The third-order valence-corrected chi connectivity index (χ3v) is 2.16. The highest BCUT2D eigenvalue weighted by Gasteiger charge is 2.25. The first kappa shape index (κ1) is 16.1. The Labute approximate surface area is 107 Å². The molecule has 0 bridgehead atoms. The zero-order valence-electron chi connectivity index (χ0n) is 10.4. The number of rotatable bonds is 8.